The van der Waals surface area contributed by atoms with Gasteiger partial charge in [-0.3, -0.25) is 0 Å². The summed E-state index contributed by atoms with van der Waals surface area (Å²) in [6.45, 7) is 2.04. The van der Waals surface area contributed by atoms with Crippen molar-refractivity contribution in [1.82, 2.24) is 9.97 Å². The van der Waals surface area contributed by atoms with E-state index in [9.17, 15) is 10.1 Å². The molecule has 0 saturated heterocycles. The van der Waals surface area contributed by atoms with Gasteiger partial charge in [-0.15, -0.1) is 11.3 Å². The van der Waals surface area contributed by atoms with Crippen molar-refractivity contribution in [2.45, 2.75) is 12.8 Å². The van der Waals surface area contributed by atoms with Crippen LogP contribution in [-0.2, 0) is 4.74 Å². The minimum absolute atomic E-state index is 0.0749. The van der Waals surface area contributed by atoms with E-state index in [0.29, 0.717) is 27.4 Å². The molecule has 1 atom stereocenters. The van der Waals surface area contributed by atoms with Crippen molar-refractivity contribution in [2.24, 2.45) is 0 Å². The molecule has 7 heteroatoms. The summed E-state index contributed by atoms with van der Waals surface area (Å²) < 4.78 is 5.03. The standard InChI is InChI=1S/C17H14N4O2S/c1-2-23-16(22)13-8-11-14(20-17(19)21-15(11)24-13)12(9-18)10-6-4-3-5-7-10/h3-8,12H,2H2,1H3,(H2,19,20,21). The molecular formula is C17H14N4O2S. The van der Waals surface area contributed by atoms with Crippen LogP contribution in [-0.4, -0.2) is 22.5 Å². The third kappa shape index (κ3) is 2.92. The molecule has 0 spiro atoms. The molecule has 3 aromatic rings. The van der Waals surface area contributed by atoms with Crippen molar-refractivity contribution in [3.63, 3.8) is 0 Å². The number of hydrogen-bond acceptors (Lipinski definition) is 7. The molecule has 6 nitrogen and oxygen atoms in total. The monoisotopic (exact) mass is 338 g/mol. The van der Waals surface area contributed by atoms with Crippen molar-refractivity contribution in [3.8, 4) is 6.07 Å². The second kappa shape index (κ2) is 6.64. The van der Waals surface area contributed by atoms with Gasteiger partial charge in [0.2, 0.25) is 5.95 Å². The van der Waals surface area contributed by atoms with E-state index in [2.05, 4.69) is 16.0 Å². The van der Waals surface area contributed by atoms with Crippen LogP contribution < -0.4 is 5.73 Å². The Labute approximate surface area is 142 Å². The second-order valence-corrected chi connectivity index (χ2v) is 6.02. The second-order valence-electron chi connectivity index (χ2n) is 4.99. The molecule has 0 saturated carbocycles. The Morgan fingerprint density at radius 1 is 1.38 bits per heavy atom. The zero-order valence-electron chi connectivity index (χ0n) is 12.9. The fraction of sp³-hybridized carbons (Fsp3) is 0.176. The average molecular weight is 338 g/mol. The maximum atomic E-state index is 12.0. The molecule has 1 unspecified atom stereocenters. The van der Waals surface area contributed by atoms with Crippen LogP contribution >= 0.6 is 11.3 Å². The molecule has 0 aliphatic carbocycles. The van der Waals surface area contributed by atoms with Crippen molar-refractivity contribution >= 4 is 33.5 Å². The first-order chi connectivity index (χ1) is 11.6. The Balaban J connectivity index is 2.16. The molecule has 2 N–H and O–H groups in total. The quantitative estimate of drug-likeness (QED) is 0.733. The third-order valence-electron chi connectivity index (χ3n) is 3.45. The van der Waals surface area contributed by atoms with Crippen LogP contribution in [0.5, 0.6) is 0 Å². The molecule has 1 aromatic carbocycles. The van der Waals surface area contributed by atoms with Gasteiger partial charge in [0.15, 0.2) is 0 Å². The molecule has 0 aliphatic rings. The summed E-state index contributed by atoms with van der Waals surface area (Å²) in [5.74, 6) is -0.937. The van der Waals surface area contributed by atoms with Crippen LogP contribution in [0.15, 0.2) is 36.4 Å². The fourth-order valence-corrected chi connectivity index (χ4v) is 3.36. The molecule has 0 amide bonds. The number of benzene rings is 1. The largest absolute Gasteiger partial charge is 0.462 e. The van der Waals surface area contributed by atoms with E-state index in [1.165, 1.54) is 11.3 Å². The van der Waals surface area contributed by atoms with Crippen molar-refractivity contribution in [2.75, 3.05) is 12.3 Å². The molecule has 2 aromatic heterocycles. The number of nitriles is 1. The van der Waals surface area contributed by atoms with Crippen LogP contribution in [0.4, 0.5) is 5.95 Å². The van der Waals surface area contributed by atoms with Gasteiger partial charge in [0.25, 0.3) is 0 Å². The van der Waals surface area contributed by atoms with Crippen LogP contribution in [0.1, 0.15) is 33.8 Å². The first-order valence-corrected chi connectivity index (χ1v) is 8.14. The van der Waals surface area contributed by atoms with Crippen LogP contribution in [0.3, 0.4) is 0 Å². The average Bonchev–Trinajstić information content (AvgIpc) is 3.01. The Morgan fingerprint density at radius 2 is 2.12 bits per heavy atom. The highest BCUT2D eigenvalue weighted by molar-refractivity contribution is 7.20. The smallest absolute Gasteiger partial charge is 0.348 e. The van der Waals surface area contributed by atoms with Gasteiger partial charge >= 0.3 is 5.97 Å². The summed E-state index contributed by atoms with van der Waals surface area (Å²) in [6, 6.07) is 13.2. The first-order valence-electron chi connectivity index (χ1n) is 7.32. The lowest BCUT2D eigenvalue weighted by Crippen LogP contribution is -2.05. The Kier molecular flexibility index (Phi) is 4.40. The van der Waals surface area contributed by atoms with Gasteiger partial charge in [-0.05, 0) is 18.6 Å². The van der Waals surface area contributed by atoms with Crippen molar-refractivity contribution in [1.29, 1.82) is 5.26 Å². The number of nitrogens with zero attached hydrogens (tertiary/aromatic N) is 3. The van der Waals surface area contributed by atoms with Gasteiger partial charge in [-0.25, -0.2) is 14.8 Å². The topological polar surface area (TPSA) is 102 Å². The first kappa shape index (κ1) is 15.9. The molecule has 3 rings (SSSR count). The molecule has 24 heavy (non-hydrogen) atoms. The van der Waals surface area contributed by atoms with Gasteiger partial charge in [-0.2, -0.15) is 5.26 Å². The van der Waals surface area contributed by atoms with Crippen LogP contribution in [0.2, 0.25) is 0 Å². The van der Waals surface area contributed by atoms with E-state index in [0.717, 1.165) is 5.56 Å². The third-order valence-corrected chi connectivity index (χ3v) is 4.46. The van der Waals surface area contributed by atoms with Gasteiger partial charge in [0.05, 0.1) is 18.4 Å². The number of nitrogens with two attached hydrogens (primary N) is 1. The number of nitrogen functional groups attached to an aromatic ring is 1. The van der Waals surface area contributed by atoms with Crippen LogP contribution in [0.25, 0.3) is 10.2 Å². The molecule has 120 valence electrons. The lowest BCUT2D eigenvalue weighted by Gasteiger charge is -2.10. The van der Waals surface area contributed by atoms with Gasteiger partial charge < -0.3 is 10.5 Å². The number of carbonyl (C=O) groups is 1. The number of esters is 1. The minimum Gasteiger partial charge on any atom is -0.462 e. The van der Waals surface area contributed by atoms with Gasteiger partial charge in [0, 0.05) is 5.39 Å². The number of ether oxygens (including phenoxy) is 1. The molecule has 0 radical (unpaired) electrons. The SMILES string of the molecule is CCOC(=O)c1cc2c(C(C#N)c3ccccc3)nc(N)nc2s1. The van der Waals surface area contributed by atoms with E-state index in [1.54, 1.807) is 13.0 Å². The van der Waals surface area contributed by atoms with Crippen molar-refractivity contribution < 1.29 is 9.53 Å². The highest BCUT2D eigenvalue weighted by Gasteiger charge is 2.22. The summed E-state index contributed by atoms with van der Waals surface area (Å²) >= 11 is 1.18. The highest BCUT2D eigenvalue weighted by Crippen LogP contribution is 2.33. The zero-order valence-corrected chi connectivity index (χ0v) is 13.7. The maximum absolute atomic E-state index is 12.0. The van der Waals surface area contributed by atoms with E-state index >= 15 is 0 Å². The predicted molar refractivity (Wildman–Crippen MR) is 91.7 cm³/mol. The number of hydrogen-bond donors (Lipinski definition) is 1. The lowest BCUT2D eigenvalue weighted by molar-refractivity contribution is 0.0532. The number of carbonyl (C=O) groups excluding carboxylic acids is 1. The lowest BCUT2D eigenvalue weighted by atomic mass is 9.95. The predicted octanol–water partition coefficient (Wildman–Crippen LogP) is 3.11. The van der Waals surface area contributed by atoms with E-state index < -0.39 is 11.9 Å². The van der Waals surface area contributed by atoms with Crippen LogP contribution in [0, 0.1) is 11.3 Å². The van der Waals surface area contributed by atoms with E-state index in [4.69, 9.17) is 10.5 Å². The summed E-state index contributed by atoms with van der Waals surface area (Å²) in [4.78, 5) is 21.4. The molecule has 0 bridgehead atoms. The van der Waals surface area contributed by atoms with Gasteiger partial charge in [-0.1, -0.05) is 30.3 Å². The molecule has 0 aliphatic heterocycles. The Bertz CT molecular complexity index is 931. The molecule has 2 heterocycles. The minimum atomic E-state index is -0.594. The van der Waals surface area contributed by atoms with E-state index in [-0.39, 0.29) is 5.95 Å². The number of thiophene rings is 1. The Hall–Kier alpha value is -2.98. The van der Waals surface area contributed by atoms with Crippen molar-refractivity contribution in [3.05, 3.63) is 52.5 Å². The summed E-state index contributed by atoms with van der Waals surface area (Å²) in [5, 5.41) is 10.3. The summed E-state index contributed by atoms with van der Waals surface area (Å²) in [5.41, 5.74) is 7.10. The number of aromatic nitrogens is 2. The molecule has 0 fully saturated rings. The zero-order chi connectivity index (χ0) is 17.1. The number of rotatable bonds is 4. The number of anilines is 1. The normalized spacial score (nSPS) is 11.8. The molecular weight excluding hydrogens is 324 g/mol. The van der Waals surface area contributed by atoms with Gasteiger partial charge in [0.1, 0.15) is 15.6 Å². The summed E-state index contributed by atoms with van der Waals surface area (Å²) in [7, 11) is 0. The maximum Gasteiger partial charge on any atom is 0.348 e. The summed E-state index contributed by atoms with van der Waals surface area (Å²) in [6.07, 6.45) is 0. The Morgan fingerprint density at radius 3 is 2.79 bits per heavy atom. The highest BCUT2D eigenvalue weighted by atomic mass is 32.1. The fourth-order valence-electron chi connectivity index (χ4n) is 2.42. The van der Waals surface area contributed by atoms with E-state index in [1.807, 2.05) is 30.3 Å². The number of fused-ring (bicyclic) bond motifs is 1.